The molecule has 5 nitrogen and oxygen atoms in total. The average Bonchev–Trinajstić information content (AvgIpc) is 2.65. The van der Waals surface area contributed by atoms with E-state index in [1.807, 2.05) is 30.3 Å². The van der Waals surface area contributed by atoms with Crippen molar-refractivity contribution in [2.75, 3.05) is 19.0 Å². The van der Waals surface area contributed by atoms with Crippen molar-refractivity contribution in [1.82, 2.24) is 0 Å². The van der Waals surface area contributed by atoms with Crippen LogP contribution in [-0.4, -0.2) is 19.6 Å². The molecule has 1 N–H and O–H groups in total. The quantitative estimate of drug-likeness (QED) is 0.598. The number of hydrogen-bond donors (Lipinski definition) is 1. The number of ether oxygens (including phenoxy) is 2. The minimum absolute atomic E-state index is 0.0247. The highest BCUT2D eigenvalue weighted by Gasteiger charge is 2.09. The molecule has 0 heterocycles. The number of benzene rings is 2. The van der Waals surface area contributed by atoms with E-state index in [-0.39, 0.29) is 5.57 Å². The van der Waals surface area contributed by atoms with Gasteiger partial charge in [0, 0.05) is 5.69 Å². The van der Waals surface area contributed by atoms with Crippen molar-refractivity contribution in [2.45, 2.75) is 13.8 Å². The number of amides is 1. The predicted octanol–water partition coefficient (Wildman–Crippen LogP) is 4.28. The standard InChI is InChI=1S/C21H22N2O3/c1-15(2)14-26-20-8-4-16(5-9-20)12-17(13-22)21(24)23-18-6-10-19(25-3)11-7-18/h4-12,15H,14H2,1-3H3,(H,23,24). The molecule has 2 rings (SSSR count). The summed E-state index contributed by atoms with van der Waals surface area (Å²) in [6.07, 6.45) is 1.55. The lowest BCUT2D eigenvalue weighted by Crippen LogP contribution is -2.13. The maximum absolute atomic E-state index is 12.3. The second-order valence-corrected chi connectivity index (χ2v) is 6.13. The number of anilines is 1. The molecule has 0 saturated heterocycles. The third-order valence-electron chi connectivity index (χ3n) is 3.49. The van der Waals surface area contributed by atoms with E-state index in [4.69, 9.17) is 9.47 Å². The van der Waals surface area contributed by atoms with Crippen LogP contribution >= 0.6 is 0 Å². The maximum atomic E-state index is 12.3. The summed E-state index contributed by atoms with van der Waals surface area (Å²) in [5, 5.41) is 12.0. The highest BCUT2D eigenvalue weighted by Crippen LogP contribution is 2.18. The molecule has 2 aromatic carbocycles. The number of nitrogens with zero attached hydrogens (tertiary/aromatic N) is 1. The van der Waals surface area contributed by atoms with E-state index < -0.39 is 5.91 Å². The second kappa shape index (κ2) is 9.28. The van der Waals surface area contributed by atoms with Crippen LogP contribution in [0.2, 0.25) is 0 Å². The van der Waals surface area contributed by atoms with Crippen molar-refractivity contribution in [3.05, 3.63) is 59.7 Å². The lowest BCUT2D eigenvalue weighted by atomic mass is 10.1. The van der Waals surface area contributed by atoms with Gasteiger partial charge in [-0.05, 0) is 54.0 Å². The van der Waals surface area contributed by atoms with E-state index in [2.05, 4.69) is 19.2 Å². The summed E-state index contributed by atoms with van der Waals surface area (Å²) in [4.78, 5) is 12.3. The van der Waals surface area contributed by atoms with Gasteiger partial charge < -0.3 is 14.8 Å². The van der Waals surface area contributed by atoms with Crippen molar-refractivity contribution < 1.29 is 14.3 Å². The Hall–Kier alpha value is -3.26. The Morgan fingerprint density at radius 2 is 1.73 bits per heavy atom. The first-order valence-electron chi connectivity index (χ1n) is 8.32. The highest BCUT2D eigenvalue weighted by atomic mass is 16.5. The van der Waals surface area contributed by atoms with Crippen LogP contribution in [0.5, 0.6) is 11.5 Å². The lowest BCUT2D eigenvalue weighted by Gasteiger charge is -2.08. The van der Waals surface area contributed by atoms with Crippen LogP contribution in [0.15, 0.2) is 54.1 Å². The molecule has 0 aliphatic heterocycles. The first-order chi connectivity index (χ1) is 12.5. The molecule has 0 unspecified atom stereocenters. The maximum Gasteiger partial charge on any atom is 0.266 e. The molecule has 26 heavy (non-hydrogen) atoms. The van der Waals surface area contributed by atoms with Crippen LogP contribution in [0.25, 0.3) is 6.08 Å². The predicted molar refractivity (Wildman–Crippen MR) is 102 cm³/mol. The summed E-state index contributed by atoms with van der Waals surface area (Å²) in [6, 6.07) is 16.1. The molecule has 0 aliphatic rings. The van der Waals surface area contributed by atoms with Crippen LogP contribution in [0.3, 0.4) is 0 Å². The number of rotatable bonds is 7. The Labute approximate surface area is 153 Å². The van der Waals surface area contributed by atoms with E-state index in [9.17, 15) is 10.1 Å². The monoisotopic (exact) mass is 350 g/mol. The lowest BCUT2D eigenvalue weighted by molar-refractivity contribution is -0.112. The van der Waals surface area contributed by atoms with Gasteiger partial charge in [0.05, 0.1) is 13.7 Å². The molecule has 1 amide bonds. The Balaban J connectivity index is 2.06. The Kier molecular flexibility index (Phi) is 6.81. The number of carbonyl (C=O) groups is 1. The first-order valence-corrected chi connectivity index (χ1v) is 8.32. The van der Waals surface area contributed by atoms with E-state index in [1.165, 1.54) is 0 Å². The van der Waals surface area contributed by atoms with Crippen molar-refractivity contribution in [1.29, 1.82) is 5.26 Å². The van der Waals surface area contributed by atoms with E-state index in [1.54, 1.807) is 37.5 Å². The van der Waals surface area contributed by atoms with Crippen LogP contribution < -0.4 is 14.8 Å². The zero-order valence-electron chi connectivity index (χ0n) is 15.2. The number of hydrogen-bond acceptors (Lipinski definition) is 4. The SMILES string of the molecule is COc1ccc(NC(=O)C(C#N)=Cc2ccc(OCC(C)C)cc2)cc1. The number of nitrogens with one attached hydrogen (secondary N) is 1. The summed E-state index contributed by atoms with van der Waals surface area (Å²) in [5.41, 5.74) is 1.37. The largest absolute Gasteiger partial charge is 0.497 e. The summed E-state index contributed by atoms with van der Waals surface area (Å²) in [5.74, 6) is 1.44. The molecule has 0 saturated carbocycles. The molecular formula is C21H22N2O3. The average molecular weight is 350 g/mol. The van der Waals surface area contributed by atoms with Crippen LogP contribution in [0, 0.1) is 17.2 Å². The Morgan fingerprint density at radius 1 is 1.12 bits per heavy atom. The van der Waals surface area contributed by atoms with Crippen molar-refractivity contribution in [2.24, 2.45) is 5.92 Å². The molecule has 0 aliphatic carbocycles. The minimum atomic E-state index is -0.460. The van der Waals surface area contributed by atoms with Gasteiger partial charge in [-0.3, -0.25) is 4.79 Å². The van der Waals surface area contributed by atoms with Crippen LogP contribution in [-0.2, 0) is 4.79 Å². The topological polar surface area (TPSA) is 71.3 Å². The summed E-state index contributed by atoms with van der Waals surface area (Å²) < 4.78 is 10.7. The molecule has 2 aromatic rings. The zero-order valence-corrected chi connectivity index (χ0v) is 15.2. The fourth-order valence-electron chi connectivity index (χ4n) is 2.11. The third kappa shape index (κ3) is 5.67. The van der Waals surface area contributed by atoms with Crippen molar-refractivity contribution >= 4 is 17.7 Å². The fourth-order valence-corrected chi connectivity index (χ4v) is 2.11. The van der Waals surface area contributed by atoms with Gasteiger partial charge in [0.15, 0.2) is 0 Å². The fraction of sp³-hybridized carbons (Fsp3) is 0.238. The van der Waals surface area contributed by atoms with Gasteiger partial charge in [0.25, 0.3) is 5.91 Å². The molecule has 0 radical (unpaired) electrons. The van der Waals surface area contributed by atoms with Gasteiger partial charge >= 0.3 is 0 Å². The summed E-state index contributed by atoms with van der Waals surface area (Å²) >= 11 is 0. The van der Waals surface area contributed by atoms with Gasteiger partial charge in [-0.1, -0.05) is 26.0 Å². The highest BCUT2D eigenvalue weighted by molar-refractivity contribution is 6.09. The first kappa shape index (κ1) is 19.1. The van der Waals surface area contributed by atoms with Gasteiger partial charge in [-0.25, -0.2) is 0 Å². The van der Waals surface area contributed by atoms with Crippen LogP contribution in [0.1, 0.15) is 19.4 Å². The minimum Gasteiger partial charge on any atom is -0.497 e. The Bertz CT molecular complexity index is 801. The molecule has 0 spiro atoms. The molecule has 0 atom stereocenters. The number of nitriles is 1. The van der Waals surface area contributed by atoms with Gasteiger partial charge in [0.2, 0.25) is 0 Å². The zero-order chi connectivity index (χ0) is 18.9. The molecule has 0 aromatic heterocycles. The number of methoxy groups -OCH3 is 1. The molecule has 5 heteroatoms. The van der Waals surface area contributed by atoms with Gasteiger partial charge in [-0.15, -0.1) is 0 Å². The molecular weight excluding hydrogens is 328 g/mol. The van der Waals surface area contributed by atoms with E-state index in [0.717, 1.165) is 11.3 Å². The number of carbonyl (C=O) groups excluding carboxylic acids is 1. The smallest absolute Gasteiger partial charge is 0.266 e. The molecule has 0 fully saturated rings. The Morgan fingerprint density at radius 3 is 2.27 bits per heavy atom. The summed E-state index contributed by atoms with van der Waals surface area (Å²) in [7, 11) is 1.57. The van der Waals surface area contributed by atoms with Crippen molar-refractivity contribution in [3.63, 3.8) is 0 Å². The van der Waals surface area contributed by atoms with E-state index in [0.29, 0.717) is 24.0 Å². The normalized spacial score (nSPS) is 11.0. The van der Waals surface area contributed by atoms with Crippen LogP contribution in [0.4, 0.5) is 5.69 Å². The third-order valence-corrected chi connectivity index (χ3v) is 3.49. The molecule has 134 valence electrons. The van der Waals surface area contributed by atoms with Gasteiger partial charge in [0.1, 0.15) is 23.1 Å². The van der Waals surface area contributed by atoms with E-state index >= 15 is 0 Å². The van der Waals surface area contributed by atoms with Gasteiger partial charge in [-0.2, -0.15) is 5.26 Å². The summed E-state index contributed by atoms with van der Waals surface area (Å²) in [6.45, 7) is 4.80. The van der Waals surface area contributed by atoms with Crippen molar-refractivity contribution in [3.8, 4) is 17.6 Å². The second-order valence-electron chi connectivity index (χ2n) is 6.13. The molecule has 0 bridgehead atoms.